The number of benzene rings is 1. The summed E-state index contributed by atoms with van der Waals surface area (Å²) in [5.74, 6) is 0.937. The number of alkyl halides is 2. The van der Waals surface area contributed by atoms with Crippen molar-refractivity contribution in [2.45, 2.75) is 51.1 Å². The summed E-state index contributed by atoms with van der Waals surface area (Å²) in [6, 6.07) is 5.39. The summed E-state index contributed by atoms with van der Waals surface area (Å²) < 4.78 is 34.1. The monoisotopic (exact) mass is 510 g/mol. The van der Waals surface area contributed by atoms with Gasteiger partial charge in [0.1, 0.15) is 0 Å². The normalized spacial score (nSPS) is 17.0. The minimum Gasteiger partial charge on any atom is -0.381 e. The molecule has 2 aliphatic rings. The highest BCUT2D eigenvalue weighted by Crippen LogP contribution is 2.33. The number of aromatic nitrogens is 2. The Kier molecular flexibility index (Phi) is 7.45. The third-order valence-corrected chi connectivity index (χ3v) is 7.09. The third-order valence-electron chi connectivity index (χ3n) is 6.40. The number of ether oxygens (including phenoxy) is 1. The molecule has 32 heavy (non-hydrogen) atoms. The number of amides is 1. The minimum atomic E-state index is -2.48. The van der Waals surface area contributed by atoms with Gasteiger partial charge in [-0.1, -0.05) is 28.1 Å². The first kappa shape index (κ1) is 23.2. The molecule has 3 heterocycles. The maximum absolute atomic E-state index is 13.0. The maximum atomic E-state index is 13.0. The molecule has 4 rings (SSSR count). The van der Waals surface area contributed by atoms with Crippen LogP contribution in [0, 0.1) is 0 Å². The molecule has 6 nitrogen and oxygen atoms in total. The van der Waals surface area contributed by atoms with Crippen LogP contribution in [0.2, 0.25) is 0 Å². The highest BCUT2D eigenvalue weighted by molar-refractivity contribution is 9.10. The van der Waals surface area contributed by atoms with E-state index >= 15 is 0 Å². The maximum Gasteiger partial charge on any atom is 0.264 e. The molecule has 174 valence electrons. The van der Waals surface area contributed by atoms with Gasteiger partial charge >= 0.3 is 0 Å². The van der Waals surface area contributed by atoms with Crippen LogP contribution >= 0.6 is 15.9 Å². The van der Waals surface area contributed by atoms with Crippen molar-refractivity contribution in [1.29, 1.82) is 0 Å². The van der Waals surface area contributed by atoms with Gasteiger partial charge in [0.2, 0.25) is 6.41 Å². The SMILES string of the molecule is CN(CCCc1ccc(C(F)F)c(Br)c1)c1nn(C2CCOCC2)c2c1CN(C=O)CC2. The highest BCUT2D eigenvalue weighted by Gasteiger charge is 2.29. The largest absolute Gasteiger partial charge is 0.381 e. The predicted molar refractivity (Wildman–Crippen MR) is 122 cm³/mol. The lowest BCUT2D eigenvalue weighted by atomic mass is 10.0. The average molecular weight is 511 g/mol. The first-order chi connectivity index (χ1) is 15.5. The van der Waals surface area contributed by atoms with E-state index in [9.17, 15) is 13.6 Å². The standard InChI is InChI=1S/C23H29BrF2N4O2/c1-28(9-2-3-16-4-5-18(22(25)26)20(24)13-16)23-19-14-29(15-31)10-6-21(19)30(27-23)17-7-11-32-12-8-17/h4-5,13,15,17,22H,2-3,6-12,14H2,1H3. The molecule has 2 aliphatic heterocycles. The van der Waals surface area contributed by atoms with E-state index in [0.717, 1.165) is 81.8 Å². The Labute approximate surface area is 195 Å². The van der Waals surface area contributed by atoms with Crippen LogP contribution in [0.15, 0.2) is 22.7 Å². The predicted octanol–water partition coefficient (Wildman–Crippen LogP) is 4.52. The highest BCUT2D eigenvalue weighted by atomic mass is 79.9. The van der Waals surface area contributed by atoms with Gasteiger partial charge in [0.15, 0.2) is 5.82 Å². The van der Waals surface area contributed by atoms with E-state index in [1.807, 2.05) is 7.05 Å². The number of anilines is 1. The molecule has 0 radical (unpaired) electrons. The number of nitrogens with zero attached hydrogens (tertiary/aromatic N) is 4. The number of hydrogen-bond donors (Lipinski definition) is 0. The van der Waals surface area contributed by atoms with Crippen LogP contribution < -0.4 is 4.90 Å². The topological polar surface area (TPSA) is 50.6 Å². The van der Waals surface area contributed by atoms with E-state index < -0.39 is 6.43 Å². The van der Waals surface area contributed by atoms with Crippen LogP contribution in [-0.4, -0.2) is 54.4 Å². The van der Waals surface area contributed by atoms with E-state index in [-0.39, 0.29) is 5.56 Å². The van der Waals surface area contributed by atoms with E-state index in [4.69, 9.17) is 9.84 Å². The summed E-state index contributed by atoms with van der Waals surface area (Å²) in [6.07, 6.45) is 2.82. The van der Waals surface area contributed by atoms with E-state index in [1.165, 1.54) is 11.8 Å². The van der Waals surface area contributed by atoms with E-state index in [1.54, 1.807) is 17.0 Å². The zero-order valence-electron chi connectivity index (χ0n) is 18.3. The lowest BCUT2D eigenvalue weighted by molar-refractivity contribution is -0.118. The van der Waals surface area contributed by atoms with Crippen LogP contribution in [0.1, 0.15) is 54.1 Å². The molecule has 1 fully saturated rings. The van der Waals surface area contributed by atoms with Crippen molar-refractivity contribution in [2.75, 3.05) is 38.3 Å². The molecular formula is C23H29BrF2N4O2. The van der Waals surface area contributed by atoms with Crippen molar-refractivity contribution in [2.24, 2.45) is 0 Å². The molecular weight excluding hydrogens is 482 g/mol. The number of hydrogen-bond acceptors (Lipinski definition) is 4. The lowest BCUT2D eigenvalue weighted by Gasteiger charge is -2.28. The summed E-state index contributed by atoms with van der Waals surface area (Å²) in [4.78, 5) is 15.4. The molecule has 0 atom stereocenters. The number of carbonyl (C=O) groups excluding carboxylic acids is 1. The van der Waals surface area contributed by atoms with Crippen LogP contribution in [0.25, 0.3) is 0 Å². The Morgan fingerprint density at radius 3 is 2.81 bits per heavy atom. The fraction of sp³-hybridized carbons (Fsp3) is 0.565. The molecule has 1 saturated heterocycles. The van der Waals surface area contributed by atoms with Crippen LogP contribution in [0.3, 0.4) is 0 Å². The second-order valence-corrected chi connectivity index (χ2v) is 9.40. The van der Waals surface area contributed by atoms with Gasteiger partial charge < -0.3 is 14.5 Å². The minimum absolute atomic E-state index is 0.0240. The van der Waals surface area contributed by atoms with Gasteiger partial charge in [-0.15, -0.1) is 0 Å². The van der Waals surface area contributed by atoms with Crippen LogP contribution in [0.5, 0.6) is 0 Å². The van der Waals surface area contributed by atoms with Crippen molar-refractivity contribution in [3.8, 4) is 0 Å². The first-order valence-electron chi connectivity index (χ1n) is 11.1. The van der Waals surface area contributed by atoms with E-state index in [0.29, 0.717) is 17.1 Å². The number of halogens is 3. The van der Waals surface area contributed by atoms with Crippen molar-refractivity contribution in [3.05, 3.63) is 45.1 Å². The first-order valence-corrected chi connectivity index (χ1v) is 11.9. The van der Waals surface area contributed by atoms with Crippen LogP contribution in [0.4, 0.5) is 14.6 Å². The zero-order valence-corrected chi connectivity index (χ0v) is 19.9. The van der Waals surface area contributed by atoms with Gasteiger partial charge in [-0.2, -0.15) is 5.10 Å². The summed E-state index contributed by atoms with van der Waals surface area (Å²) in [5, 5.41) is 5.01. The Balaban J connectivity index is 1.46. The molecule has 0 N–H and O–H groups in total. The van der Waals surface area contributed by atoms with Gasteiger partial charge in [-0.05, 0) is 37.3 Å². The summed E-state index contributed by atoms with van der Waals surface area (Å²) in [6.45, 7) is 3.60. The smallest absolute Gasteiger partial charge is 0.264 e. The van der Waals surface area contributed by atoms with E-state index in [2.05, 4.69) is 25.5 Å². The molecule has 1 amide bonds. The van der Waals surface area contributed by atoms with Crippen molar-refractivity contribution < 1.29 is 18.3 Å². The number of carbonyl (C=O) groups is 1. The summed E-state index contributed by atoms with van der Waals surface area (Å²) >= 11 is 3.25. The fourth-order valence-electron chi connectivity index (χ4n) is 4.61. The zero-order chi connectivity index (χ0) is 22.7. The van der Waals surface area contributed by atoms with Crippen LogP contribution in [-0.2, 0) is 28.9 Å². The van der Waals surface area contributed by atoms with Gasteiger partial charge in [-0.3, -0.25) is 9.48 Å². The second kappa shape index (κ2) is 10.3. The van der Waals surface area contributed by atoms with Gasteiger partial charge in [-0.25, -0.2) is 8.78 Å². The summed E-state index contributed by atoms with van der Waals surface area (Å²) in [5.41, 5.74) is 3.43. The van der Waals surface area contributed by atoms with Gasteiger partial charge in [0.05, 0.1) is 12.6 Å². The second-order valence-electron chi connectivity index (χ2n) is 8.54. The molecule has 1 aromatic heterocycles. The van der Waals surface area contributed by atoms with Crippen molar-refractivity contribution in [1.82, 2.24) is 14.7 Å². The van der Waals surface area contributed by atoms with Crippen molar-refractivity contribution in [3.63, 3.8) is 0 Å². The Hall–Kier alpha value is -2.00. The molecule has 9 heteroatoms. The fourth-order valence-corrected chi connectivity index (χ4v) is 5.21. The molecule has 2 aromatic rings. The number of fused-ring (bicyclic) bond motifs is 1. The molecule has 0 spiro atoms. The molecule has 0 bridgehead atoms. The van der Waals surface area contributed by atoms with Gasteiger partial charge in [0, 0.05) is 61.1 Å². The average Bonchev–Trinajstić information content (AvgIpc) is 3.18. The molecule has 1 aromatic carbocycles. The molecule has 0 unspecified atom stereocenters. The molecule has 0 aliphatic carbocycles. The number of rotatable bonds is 8. The Morgan fingerprint density at radius 2 is 2.12 bits per heavy atom. The Morgan fingerprint density at radius 1 is 1.34 bits per heavy atom. The quantitative estimate of drug-likeness (QED) is 0.490. The van der Waals surface area contributed by atoms with Gasteiger partial charge in [0.25, 0.3) is 6.43 Å². The lowest BCUT2D eigenvalue weighted by Crippen LogP contribution is -2.31. The number of aryl methyl sites for hydroxylation is 1. The summed E-state index contributed by atoms with van der Waals surface area (Å²) in [7, 11) is 2.03. The van der Waals surface area contributed by atoms with Crippen molar-refractivity contribution >= 4 is 28.2 Å². The third kappa shape index (κ3) is 4.98. The Bertz CT molecular complexity index is 946. The molecule has 0 saturated carbocycles.